The number of amides is 2. The molecule has 1 atom stereocenters. The highest BCUT2D eigenvalue weighted by molar-refractivity contribution is 6.35. The molecule has 8 heteroatoms. The van der Waals surface area contributed by atoms with E-state index in [0.29, 0.717) is 52.1 Å². The van der Waals surface area contributed by atoms with Gasteiger partial charge in [-0.05, 0) is 48.2 Å². The number of carbonyl (C=O) groups excluding carboxylic acids is 2. The van der Waals surface area contributed by atoms with Gasteiger partial charge in [-0.15, -0.1) is 0 Å². The molecular weight excluding hydrogens is 455 g/mol. The minimum atomic E-state index is -0.361. The first-order valence-electron chi connectivity index (χ1n) is 11.1. The normalized spacial score (nSPS) is 15.8. The highest BCUT2D eigenvalue weighted by Crippen LogP contribution is 2.33. The Balaban J connectivity index is 1.75. The SMILES string of the molecule is CNC(=O)c1c(-c2ccc(F)cc2)nc2ccc(C3C=C(C(=O)NCC(C)C)C(Cl)=CC3)cn12. The maximum Gasteiger partial charge on any atom is 0.270 e. The van der Waals surface area contributed by atoms with Crippen LogP contribution in [-0.2, 0) is 4.79 Å². The van der Waals surface area contributed by atoms with Crippen LogP contribution in [0.3, 0.4) is 0 Å². The third-order valence-electron chi connectivity index (χ3n) is 5.72. The van der Waals surface area contributed by atoms with E-state index in [2.05, 4.69) is 15.6 Å². The average molecular weight is 481 g/mol. The highest BCUT2D eigenvalue weighted by Gasteiger charge is 2.24. The topological polar surface area (TPSA) is 75.5 Å². The van der Waals surface area contributed by atoms with Crippen molar-refractivity contribution in [3.8, 4) is 11.3 Å². The maximum absolute atomic E-state index is 13.4. The number of allylic oxidation sites excluding steroid dienone is 2. The summed E-state index contributed by atoms with van der Waals surface area (Å²) in [6, 6.07) is 9.65. The molecule has 2 heterocycles. The van der Waals surface area contributed by atoms with Crippen molar-refractivity contribution in [2.24, 2.45) is 5.92 Å². The second kappa shape index (κ2) is 9.81. The van der Waals surface area contributed by atoms with E-state index in [1.54, 1.807) is 23.6 Å². The second-order valence-electron chi connectivity index (χ2n) is 8.66. The maximum atomic E-state index is 13.4. The summed E-state index contributed by atoms with van der Waals surface area (Å²) in [5.74, 6) is -0.636. The summed E-state index contributed by atoms with van der Waals surface area (Å²) in [6.45, 7) is 4.62. The van der Waals surface area contributed by atoms with Crippen LogP contribution in [0, 0.1) is 11.7 Å². The van der Waals surface area contributed by atoms with E-state index in [-0.39, 0.29) is 23.5 Å². The summed E-state index contributed by atoms with van der Waals surface area (Å²) in [4.78, 5) is 30.1. The van der Waals surface area contributed by atoms with Crippen molar-refractivity contribution in [1.82, 2.24) is 20.0 Å². The van der Waals surface area contributed by atoms with Gasteiger partial charge in [-0.3, -0.25) is 14.0 Å². The lowest BCUT2D eigenvalue weighted by Crippen LogP contribution is -2.29. The molecule has 1 aliphatic carbocycles. The Labute approximate surface area is 202 Å². The molecule has 0 bridgehead atoms. The average Bonchev–Trinajstić information content (AvgIpc) is 3.21. The van der Waals surface area contributed by atoms with Crippen molar-refractivity contribution in [2.75, 3.05) is 13.6 Å². The molecule has 0 saturated carbocycles. The number of carbonyl (C=O) groups is 2. The molecule has 1 aromatic carbocycles. The van der Waals surface area contributed by atoms with Gasteiger partial charge in [-0.1, -0.05) is 43.7 Å². The molecule has 0 aliphatic heterocycles. The number of imidazole rings is 1. The van der Waals surface area contributed by atoms with Gasteiger partial charge < -0.3 is 10.6 Å². The van der Waals surface area contributed by atoms with Crippen molar-refractivity contribution in [1.29, 1.82) is 0 Å². The van der Waals surface area contributed by atoms with E-state index in [4.69, 9.17) is 11.6 Å². The fourth-order valence-corrected chi connectivity index (χ4v) is 4.16. The Morgan fingerprint density at radius 1 is 1.18 bits per heavy atom. The Morgan fingerprint density at radius 3 is 2.59 bits per heavy atom. The van der Waals surface area contributed by atoms with Gasteiger partial charge >= 0.3 is 0 Å². The number of hydrogen-bond acceptors (Lipinski definition) is 3. The monoisotopic (exact) mass is 480 g/mol. The molecule has 2 aromatic heterocycles. The minimum Gasteiger partial charge on any atom is -0.354 e. The number of halogens is 2. The van der Waals surface area contributed by atoms with Crippen molar-refractivity contribution in [2.45, 2.75) is 26.2 Å². The zero-order valence-electron chi connectivity index (χ0n) is 19.2. The van der Waals surface area contributed by atoms with Gasteiger partial charge in [0.25, 0.3) is 11.8 Å². The molecular formula is C26H26ClFN4O2. The third-order valence-corrected chi connectivity index (χ3v) is 6.08. The molecule has 2 N–H and O–H groups in total. The lowest BCUT2D eigenvalue weighted by Gasteiger charge is -2.20. The minimum absolute atomic E-state index is 0.0964. The molecule has 2 amide bonds. The van der Waals surface area contributed by atoms with Crippen LogP contribution in [0.4, 0.5) is 4.39 Å². The predicted molar refractivity (Wildman–Crippen MR) is 131 cm³/mol. The van der Waals surface area contributed by atoms with E-state index in [1.165, 1.54) is 12.1 Å². The molecule has 0 saturated heterocycles. The lowest BCUT2D eigenvalue weighted by molar-refractivity contribution is -0.117. The van der Waals surface area contributed by atoms with Crippen LogP contribution < -0.4 is 10.6 Å². The van der Waals surface area contributed by atoms with Crippen LogP contribution in [0.25, 0.3) is 16.9 Å². The summed E-state index contributed by atoms with van der Waals surface area (Å²) in [5.41, 5.74) is 3.41. The number of benzene rings is 1. The summed E-state index contributed by atoms with van der Waals surface area (Å²) >= 11 is 6.35. The second-order valence-corrected chi connectivity index (χ2v) is 9.07. The molecule has 1 unspecified atom stereocenters. The van der Waals surface area contributed by atoms with Gasteiger partial charge in [0.15, 0.2) is 0 Å². The van der Waals surface area contributed by atoms with Gasteiger partial charge in [0.2, 0.25) is 0 Å². The van der Waals surface area contributed by atoms with Gasteiger partial charge in [-0.25, -0.2) is 9.37 Å². The fraction of sp³-hybridized carbons (Fsp3) is 0.269. The van der Waals surface area contributed by atoms with Crippen molar-refractivity contribution in [3.63, 3.8) is 0 Å². The first-order valence-corrected chi connectivity index (χ1v) is 11.5. The van der Waals surface area contributed by atoms with Crippen LogP contribution in [0.1, 0.15) is 42.2 Å². The molecule has 0 fully saturated rings. The van der Waals surface area contributed by atoms with Crippen molar-refractivity contribution < 1.29 is 14.0 Å². The van der Waals surface area contributed by atoms with Gasteiger partial charge in [0.1, 0.15) is 22.9 Å². The van der Waals surface area contributed by atoms with Crippen molar-refractivity contribution >= 4 is 29.1 Å². The first-order chi connectivity index (χ1) is 16.3. The Kier molecular flexibility index (Phi) is 6.84. The summed E-state index contributed by atoms with van der Waals surface area (Å²) in [6.07, 6.45) is 6.20. The molecule has 3 aromatic rings. The summed E-state index contributed by atoms with van der Waals surface area (Å²) in [5, 5.41) is 6.01. The molecule has 1 aliphatic rings. The quantitative estimate of drug-likeness (QED) is 0.531. The highest BCUT2D eigenvalue weighted by atomic mass is 35.5. The Bertz CT molecular complexity index is 1310. The Morgan fingerprint density at radius 2 is 1.91 bits per heavy atom. The van der Waals surface area contributed by atoms with E-state index in [1.807, 2.05) is 44.3 Å². The van der Waals surface area contributed by atoms with Crippen LogP contribution in [0.15, 0.2) is 65.4 Å². The molecule has 34 heavy (non-hydrogen) atoms. The van der Waals surface area contributed by atoms with Crippen LogP contribution >= 0.6 is 11.6 Å². The van der Waals surface area contributed by atoms with Crippen molar-refractivity contribution in [3.05, 3.63) is 82.4 Å². The standard InChI is InChI=1S/C26H26ClFN4O2/c1-15(2)13-30-25(33)20-12-17(6-10-21(20)27)18-7-11-22-31-23(16-4-8-19(28)9-5-16)24(26(34)29-3)32(22)14-18/h4-5,7-12,14-15,17H,6,13H2,1-3H3,(H,29,34)(H,30,33). The smallest absolute Gasteiger partial charge is 0.270 e. The van der Waals surface area contributed by atoms with E-state index in [9.17, 15) is 14.0 Å². The largest absolute Gasteiger partial charge is 0.354 e. The van der Waals surface area contributed by atoms with E-state index >= 15 is 0 Å². The molecule has 6 nitrogen and oxygen atoms in total. The van der Waals surface area contributed by atoms with Crippen LogP contribution in [0.5, 0.6) is 0 Å². The fourth-order valence-electron chi connectivity index (χ4n) is 3.92. The van der Waals surface area contributed by atoms with Gasteiger partial charge in [-0.2, -0.15) is 0 Å². The molecule has 0 radical (unpaired) electrons. The summed E-state index contributed by atoms with van der Waals surface area (Å²) < 4.78 is 15.2. The zero-order valence-corrected chi connectivity index (χ0v) is 20.0. The molecule has 0 spiro atoms. The van der Waals surface area contributed by atoms with E-state index < -0.39 is 0 Å². The first kappa shape index (κ1) is 23.7. The number of hydrogen-bond donors (Lipinski definition) is 2. The molecule has 4 rings (SSSR count). The van der Waals surface area contributed by atoms with Gasteiger partial charge in [0.05, 0.1) is 5.57 Å². The zero-order chi connectivity index (χ0) is 24.4. The lowest BCUT2D eigenvalue weighted by atomic mass is 9.90. The van der Waals surface area contributed by atoms with E-state index in [0.717, 1.165) is 5.56 Å². The number of aromatic nitrogens is 2. The molecule has 176 valence electrons. The third kappa shape index (κ3) is 4.75. The van der Waals surface area contributed by atoms with Crippen LogP contribution in [-0.4, -0.2) is 34.8 Å². The number of rotatable bonds is 6. The number of nitrogens with one attached hydrogen (secondary N) is 2. The summed E-state index contributed by atoms with van der Waals surface area (Å²) in [7, 11) is 1.55. The number of fused-ring (bicyclic) bond motifs is 1. The van der Waals surface area contributed by atoms with Gasteiger partial charge in [0, 0.05) is 36.3 Å². The number of nitrogens with zero attached hydrogens (tertiary/aromatic N) is 2. The Hall–Kier alpha value is -3.45. The number of pyridine rings is 1. The predicted octanol–water partition coefficient (Wildman–Crippen LogP) is 4.81. The van der Waals surface area contributed by atoms with Crippen LogP contribution in [0.2, 0.25) is 0 Å².